The molecule has 0 radical (unpaired) electrons. The van der Waals surface area contributed by atoms with E-state index in [1.807, 2.05) is 35.6 Å². The number of thiophene rings is 1. The Morgan fingerprint density at radius 2 is 1.20 bits per heavy atom. The maximum absolute atomic E-state index is 6.49. The van der Waals surface area contributed by atoms with Crippen LogP contribution in [-0.2, 0) is 0 Å². The molecule has 9 aromatic rings. The van der Waals surface area contributed by atoms with Crippen molar-refractivity contribution in [1.82, 2.24) is 9.36 Å². The highest BCUT2D eigenvalue weighted by atomic mass is 32.1. The molecule has 0 aliphatic carbocycles. The van der Waals surface area contributed by atoms with Crippen molar-refractivity contribution >= 4 is 60.1 Å². The third-order valence-corrected chi connectivity index (χ3v) is 11.2. The number of hydrogen-bond acceptors (Lipinski definition) is 6. The van der Waals surface area contributed by atoms with Crippen LogP contribution in [0.2, 0.25) is 0 Å². The minimum absolute atomic E-state index is 0.733. The maximum Gasteiger partial charge on any atom is 0.174 e. The standard InChI is InChI=1S/C44H27N3OS2/c1-2-11-28(12-3-1)33-15-4-5-17-36(33)43-45-44(50-46-43)31-13-10-14-32(25-31)47-37-18-7-8-19-39(37)48-40-24-22-29(26-38(40)47)30-21-23-35-34-16-6-9-20-41(34)49-42(35)27-30/h1-27H. The number of anilines is 3. The smallest absolute Gasteiger partial charge is 0.174 e. The van der Waals surface area contributed by atoms with Gasteiger partial charge >= 0.3 is 0 Å². The summed E-state index contributed by atoms with van der Waals surface area (Å²) >= 11 is 3.27. The summed E-state index contributed by atoms with van der Waals surface area (Å²) in [5.74, 6) is 2.37. The third-order valence-electron chi connectivity index (χ3n) is 9.27. The van der Waals surface area contributed by atoms with Gasteiger partial charge in [-0.3, -0.25) is 0 Å². The summed E-state index contributed by atoms with van der Waals surface area (Å²) in [6, 6.07) is 57.5. The van der Waals surface area contributed by atoms with Gasteiger partial charge in [-0.15, -0.1) is 11.3 Å². The SMILES string of the molecule is c1ccc(-c2ccccc2-c2nsc(-c3cccc(N4c5ccccc5Oc5ccc(-c6ccc7c(c6)sc6ccccc67)cc54)c3)n2)cc1. The number of aromatic nitrogens is 2. The summed E-state index contributed by atoms with van der Waals surface area (Å²) in [4.78, 5) is 7.37. The van der Waals surface area contributed by atoms with Crippen LogP contribution in [0.4, 0.5) is 17.1 Å². The van der Waals surface area contributed by atoms with Crippen molar-refractivity contribution in [3.8, 4) is 55.7 Å². The van der Waals surface area contributed by atoms with E-state index >= 15 is 0 Å². The first-order valence-corrected chi connectivity index (χ1v) is 18.1. The predicted octanol–water partition coefficient (Wildman–Crippen LogP) is 13.1. The van der Waals surface area contributed by atoms with Crippen molar-refractivity contribution in [2.75, 3.05) is 4.90 Å². The van der Waals surface area contributed by atoms with Gasteiger partial charge in [0.05, 0.1) is 11.4 Å². The van der Waals surface area contributed by atoms with Crippen LogP contribution in [0.1, 0.15) is 0 Å². The van der Waals surface area contributed by atoms with Gasteiger partial charge in [0, 0.05) is 37.0 Å². The van der Waals surface area contributed by atoms with Crippen LogP contribution in [0, 0.1) is 0 Å². The summed E-state index contributed by atoms with van der Waals surface area (Å²) in [5.41, 5.74) is 9.63. The van der Waals surface area contributed by atoms with Crippen molar-refractivity contribution < 1.29 is 4.74 Å². The van der Waals surface area contributed by atoms with Gasteiger partial charge in [-0.05, 0) is 82.3 Å². The Kier molecular flexibility index (Phi) is 6.82. The first-order chi connectivity index (χ1) is 24.8. The number of hydrogen-bond donors (Lipinski definition) is 0. The van der Waals surface area contributed by atoms with E-state index in [2.05, 4.69) is 144 Å². The number of benzene rings is 7. The van der Waals surface area contributed by atoms with Gasteiger partial charge in [0.25, 0.3) is 0 Å². The van der Waals surface area contributed by atoms with E-state index in [0.29, 0.717) is 0 Å². The molecule has 4 nitrogen and oxygen atoms in total. The van der Waals surface area contributed by atoms with E-state index in [1.165, 1.54) is 37.3 Å². The fourth-order valence-corrected chi connectivity index (χ4v) is 8.71. The summed E-state index contributed by atoms with van der Waals surface area (Å²) < 4.78 is 13.9. The molecular weight excluding hydrogens is 651 g/mol. The normalized spacial score (nSPS) is 12.1. The monoisotopic (exact) mass is 677 g/mol. The van der Waals surface area contributed by atoms with Gasteiger partial charge < -0.3 is 9.64 Å². The highest BCUT2D eigenvalue weighted by Gasteiger charge is 2.27. The molecule has 2 aromatic heterocycles. The van der Waals surface area contributed by atoms with Crippen molar-refractivity contribution in [2.24, 2.45) is 0 Å². The van der Waals surface area contributed by atoms with E-state index in [9.17, 15) is 0 Å². The topological polar surface area (TPSA) is 38.2 Å². The molecule has 50 heavy (non-hydrogen) atoms. The molecule has 1 aliphatic rings. The molecule has 0 unspecified atom stereocenters. The van der Waals surface area contributed by atoms with Crippen molar-refractivity contribution in [1.29, 1.82) is 0 Å². The Hall–Kier alpha value is -6.08. The zero-order valence-corrected chi connectivity index (χ0v) is 28.3. The molecule has 0 saturated heterocycles. The van der Waals surface area contributed by atoms with Crippen LogP contribution >= 0.6 is 22.9 Å². The average molecular weight is 678 g/mol. The molecule has 0 amide bonds. The second kappa shape index (κ2) is 11.8. The van der Waals surface area contributed by atoms with Gasteiger partial charge in [0.1, 0.15) is 5.01 Å². The molecule has 1 aliphatic heterocycles. The Morgan fingerprint density at radius 1 is 0.480 bits per heavy atom. The Labute approximate surface area is 297 Å². The maximum atomic E-state index is 6.49. The van der Waals surface area contributed by atoms with Crippen LogP contribution in [0.5, 0.6) is 11.5 Å². The zero-order valence-electron chi connectivity index (χ0n) is 26.7. The van der Waals surface area contributed by atoms with Crippen molar-refractivity contribution in [2.45, 2.75) is 0 Å². The summed E-state index contributed by atoms with van der Waals surface area (Å²) in [6.07, 6.45) is 0. The van der Waals surface area contributed by atoms with Gasteiger partial charge in [-0.2, -0.15) is 4.37 Å². The fourth-order valence-electron chi connectivity index (χ4n) is 6.89. The largest absolute Gasteiger partial charge is 0.453 e. The molecule has 0 saturated carbocycles. The highest BCUT2D eigenvalue weighted by molar-refractivity contribution is 7.25. The lowest BCUT2D eigenvalue weighted by atomic mass is 9.99. The van der Waals surface area contributed by atoms with E-state index < -0.39 is 0 Å². The van der Waals surface area contributed by atoms with E-state index in [0.717, 1.165) is 67.2 Å². The molecule has 0 bridgehead atoms. The second-order valence-electron chi connectivity index (χ2n) is 12.3. The quantitative estimate of drug-likeness (QED) is 0.182. The number of fused-ring (bicyclic) bond motifs is 5. The van der Waals surface area contributed by atoms with E-state index in [1.54, 1.807) is 0 Å². The Bertz CT molecular complexity index is 2710. The first kappa shape index (κ1) is 28.9. The van der Waals surface area contributed by atoms with Crippen LogP contribution in [-0.4, -0.2) is 9.36 Å². The molecule has 0 N–H and O–H groups in total. The average Bonchev–Trinajstić information content (AvgIpc) is 3.83. The van der Waals surface area contributed by atoms with Crippen LogP contribution < -0.4 is 9.64 Å². The van der Waals surface area contributed by atoms with E-state index in [-0.39, 0.29) is 0 Å². The summed E-state index contributed by atoms with van der Waals surface area (Å²) in [7, 11) is 0. The molecule has 0 fully saturated rings. The molecule has 0 spiro atoms. The van der Waals surface area contributed by atoms with Crippen LogP contribution in [0.3, 0.4) is 0 Å². The molecule has 7 aromatic carbocycles. The third kappa shape index (κ3) is 4.88. The minimum Gasteiger partial charge on any atom is -0.453 e. The van der Waals surface area contributed by atoms with Gasteiger partial charge in [0.15, 0.2) is 17.3 Å². The zero-order chi connectivity index (χ0) is 33.0. The molecule has 3 heterocycles. The molecule has 236 valence electrons. The van der Waals surface area contributed by atoms with Gasteiger partial charge in [0.2, 0.25) is 0 Å². The highest BCUT2D eigenvalue weighted by Crippen LogP contribution is 2.52. The molecule has 0 atom stereocenters. The van der Waals surface area contributed by atoms with Crippen molar-refractivity contribution in [3.05, 3.63) is 164 Å². The lowest BCUT2D eigenvalue weighted by Gasteiger charge is -2.33. The number of para-hydroxylation sites is 2. The second-order valence-corrected chi connectivity index (χ2v) is 14.1. The van der Waals surface area contributed by atoms with Crippen LogP contribution in [0.15, 0.2) is 164 Å². The van der Waals surface area contributed by atoms with Crippen molar-refractivity contribution in [3.63, 3.8) is 0 Å². The summed E-state index contributed by atoms with van der Waals surface area (Å²) in [6.45, 7) is 0. The first-order valence-electron chi connectivity index (χ1n) is 16.5. The van der Waals surface area contributed by atoms with Gasteiger partial charge in [-0.1, -0.05) is 115 Å². The van der Waals surface area contributed by atoms with Crippen LogP contribution in [0.25, 0.3) is 64.4 Å². The molecule has 10 rings (SSSR count). The lowest BCUT2D eigenvalue weighted by molar-refractivity contribution is 0.477. The predicted molar refractivity (Wildman–Crippen MR) is 209 cm³/mol. The number of ether oxygens (including phenoxy) is 1. The Morgan fingerprint density at radius 3 is 2.14 bits per heavy atom. The number of rotatable bonds is 5. The summed E-state index contributed by atoms with van der Waals surface area (Å²) in [5, 5.41) is 3.48. The van der Waals surface area contributed by atoms with E-state index in [4.69, 9.17) is 14.1 Å². The minimum atomic E-state index is 0.733. The number of nitrogens with zero attached hydrogens (tertiary/aromatic N) is 3. The lowest BCUT2D eigenvalue weighted by Crippen LogP contribution is -2.15. The van der Waals surface area contributed by atoms with Gasteiger partial charge in [-0.25, -0.2) is 4.98 Å². The fraction of sp³-hybridized carbons (Fsp3) is 0. The Balaban J connectivity index is 1.05. The molecule has 6 heteroatoms. The molecular formula is C44H27N3OS2.